The van der Waals surface area contributed by atoms with Crippen LogP contribution in [0.4, 0.5) is 0 Å². The van der Waals surface area contributed by atoms with Crippen molar-refractivity contribution < 1.29 is 37.3 Å². The summed E-state index contributed by atoms with van der Waals surface area (Å²) in [5.41, 5.74) is 0. The summed E-state index contributed by atoms with van der Waals surface area (Å²) in [5.74, 6) is -0.513. The summed E-state index contributed by atoms with van der Waals surface area (Å²) in [7, 11) is 1.21. The van der Waals surface area contributed by atoms with Gasteiger partial charge in [-0.1, -0.05) is 341 Å². The number of allylic oxidation sites excluding steroid dienone is 1. The maximum atomic E-state index is 13.6. The Bertz CT molecular complexity index is 1370. The van der Waals surface area contributed by atoms with Gasteiger partial charge in [-0.15, -0.1) is 0 Å². The first-order valence-corrected chi connectivity index (χ1v) is 37.0. The predicted molar refractivity (Wildman–Crippen MR) is 344 cm³/mol. The number of carbonyl (C=O) groups excluding carboxylic acids is 2. The predicted octanol–water partition coefficient (Wildman–Crippen LogP) is 21.7. The molecule has 0 aliphatic carbocycles. The van der Waals surface area contributed by atoms with E-state index in [4.69, 9.17) is 13.8 Å². The lowest BCUT2D eigenvalue weighted by Crippen LogP contribution is -2.47. The van der Waals surface area contributed by atoms with E-state index in [2.05, 4.69) is 26.1 Å². The number of likely N-dealkylation sites (N-methyl/N-ethyl adjacent to an activating group) is 1. The van der Waals surface area contributed by atoms with Crippen molar-refractivity contribution in [1.29, 1.82) is 0 Å². The third-order valence-electron chi connectivity index (χ3n) is 16.5. The molecule has 80 heavy (non-hydrogen) atoms. The fourth-order valence-electron chi connectivity index (χ4n) is 11.0. The smallest absolute Gasteiger partial charge is 0.306 e. The highest BCUT2D eigenvalue weighted by molar-refractivity contribution is 7.45. The number of amides is 1. The van der Waals surface area contributed by atoms with Crippen LogP contribution in [0.15, 0.2) is 12.2 Å². The number of ether oxygens (including phenoxy) is 1. The number of rotatable bonds is 66. The largest absolute Gasteiger partial charge is 0.756 e. The quantitative estimate of drug-likeness (QED) is 0.0212. The SMILES string of the molecule is CCCCCCCCCCCCC/C=C\C(OC(=O)CCCCCCCCCCCCCCCCCCCCCCCCCCC)C(COP(=O)([O-])OCC[N+](C)(C)C)NC(=O)CCCCCCCCCCCCCCCCCC. The molecule has 0 fully saturated rings. The van der Waals surface area contributed by atoms with Crippen molar-refractivity contribution in [3.05, 3.63) is 12.2 Å². The van der Waals surface area contributed by atoms with Gasteiger partial charge >= 0.3 is 5.97 Å². The van der Waals surface area contributed by atoms with Gasteiger partial charge in [0, 0.05) is 12.8 Å². The number of unbranched alkanes of at least 4 members (excludes halogenated alkanes) is 50. The molecule has 0 aliphatic heterocycles. The zero-order valence-corrected chi connectivity index (χ0v) is 55.5. The fraction of sp³-hybridized carbons (Fsp3) is 0.943. The van der Waals surface area contributed by atoms with Crippen LogP contribution in [-0.2, 0) is 27.9 Å². The Balaban J connectivity index is 5.02. The minimum absolute atomic E-state index is 0.0164. The highest BCUT2D eigenvalue weighted by atomic mass is 31.2. The molecule has 10 heteroatoms. The van der Waals surface area contributed by atoms with E-state index in [1.54, 1.807) is 0 Å². The van der Waals surface area contributed by atoms with Gasteiger partial charge < -0.3 is 28.5 Å². The Hall–Kier alpha value is -1.25. The fourth-order valence-corrected chi connectivity index (χ4v) is 11.7. The van der Waals surface area contributed by atoms with Crippen LogP contribution in [0.3, 0.4) is 0 Å². The molecule has 9 nitrogen and oxygen atoms in total. The Morgan fingerprint density at radius 3 is 1.02 bits per heavy atom. The summed E-state index contributed by atoms with van der Waals surface area (Å²) < 4.78 is 30.5. The average Bonchev–Trinajstić information content (AvgIpc) is 3.42. The van der Waals surface area contributed by atoms with Gasteiger partial charge in [0.15, 0.2) is 0 Å². The molecule has 3 unspecified atom stereocenters. The number of nitrogens with zero attached hydrogens (tertiary/aromatic N) is 1. The van der Waals surface area contributed by atoms with Crippen LogP contribution in [-0.4, -0.2) is 69.4 Å². The number of nitrogens with one attached hydrogen (secondary N) is 1. The lowest BCUT2D eigenvalue weighted by Gasteiger charge is -2.30. The van der Waals surface area contributed by atoms with E-state index in [0.717, 1.165) is 57.8 Å². The molecule has 0 aromatic heterocycles. The second-order valence-corrected chi connectivity index (χ2v) is 27.2. The van der Waals surface area contributed by atoms with Crippen molar-refractivity contribution >= 4 is 19.7 Å². The van der Waals surface area contributed by atoms with Crippen molar-refractivity contribution in [2.75, 3.05) is 40.9 Å². The second kappa shape index (κ2) is 60.9. The maximum absolute atomic E-state index is 13.6. The first-order chi connectivity index (χ1) is 38.9. The van der Waals surface area contributed by atoms with E-state index in [1.807, 2.05) is 33.3 Å². The van der Waals surface area contributed by atoms with Crippen molar-refractivity contribution in [1.82, 2.24) is 5.32 Å². The first-order valence-electron chi connectivity index (χ1n) is 35.5. The van der Waals surface area contributed by atoms with Crippen molar-refractivity contribution in [2.45, 2.75) is 386 Å². The molecule has 0 aromatic rings. The standard InChI is InChI=1S/C70H139N2O7P/c1-7-10-13-16-19-22-25-28-30-32-33-34-35-36-37-38-39-40-42-45-48-51-54-57-60-63-70(74)79-68(61-58-55-52-49-46-43-27-24-21-18-15-12-9-3)67(66-78-80(75,76)77-65-64-72(4,5)6)71-69(73)62-59-56-53-50-47-44-41-31-29-26-23-20-17-14-11-8-2/h58,61,67-68H,7-57,59-60,62-66H2,1-6H3,(H-,71,73,75,76)/b61-58-. The van der Waals surface area contributed by atoms with Gasteiger partial charge in [0.1, 0.15) is 19.3 Å². The maximum Gasteiger partial charge on any atom is 0.306 e. The summed E-state index contributed by atoms with van der Waals surface area (Å²) in [6.07, 6.45) is 71.9. The molecule has 0 aromatic carbocycles. The minimum atomic E-state index is -4.69. The molecule has 0 spiro atoms. The summed E-state index contributed by atoms with van der Waals surface area (Å²) in [6, 6.07) is -0.880. The number of hydrogen-bond donors (Lipinski definition) is 1. The van der Waals surface area contributed by atoms with E-state index >= 15 is 0 Å². The van der Waals surface area contributed by atoms with Crippen molar-refractivity contribution in [2.24, 2.45) is 0 Å². The normalized spacial score (nSPS) is 13.5. The van der Waals surface area contributed by atoms with Gasteiger partial charge in [-0.3, -0.25) is 14.2 Å². The molecule has 0 saturated carbocycles. The summed E-state index contributed by atoms with van der Waals surface area (Å²) in [6.45, 7) is 6.92. The monoisotopic (exact) mass is 1150 g/mol. The van der Waals surface area contributed by atoms with Crippen LogP contribution < -0.4 is 10.2 Å². The second-order valence-electron chi connectivity index (χ2n) is 25.8. The Morgan fingerprint density at radius 2 is 0.713 bits per heavy atom. The molecule has 0 saturated heterocycles. The molecule has 3 atom stereocenters. The van der Waals surface area contributed by atoms with E-state index in [1.165, 1.54) is 283 Å². The highest BCUT2D eigenvalue weighted by Gasteiger charge is 2.27. The summed E-state index contributed by atoms with van der Waals surface area (Å²) in [4.78, 5) is 40.1. The first kappa shape index (κ1) is 78.8. The van der Waals surface area contributed by atoms with Crippen LogP contribution >= 0.6 is 7.82 Å². The minimum Gasteiger partial charge on any atom is -0.756 e. The molecule has 1 N–H and O–H groups in total. The van der Waals surface area contributed by atoms with Gasteiger partial charge in [0.25, 0.3) is 7.82 Å². The molecule has 0 heterocycles. The van der Waals surface area contributed by atoms with Crippen LogP contribution in [0.5, 0.6) is 0 Å². The van der Waals surface area contributed by atoms with Crippen LogP contribution in [0, 0.1) is 0 Å². The van der Waals surface area contributed by atoms with E-state index in [9.17, 15) is 19.0 Å². The molecule has 0 bridgehead atoms. The van der Waals surface area contributed by atoms with Crippen LogP contribution in [0.25, 0.3) is 0 Å². The third kappa shape index (κ3) is 61.3. The Labute approximate surface area is 499 Å². The molecule has 476 valence electrons. The number of quaternary nitrogens is 1. The third-order valence-corrected chi connectivity index (χ3v) is 17.4. The van der Waals surface area contributed by atoms with Gasteiger partial charge in [0.2, 0.25) is 5.91 Å². The molecule has 0 rings (SSSR count). The van der Waals surface area contributed by atoms with Crippen LogP contribution in [0.1, 0.15) is 374 Å². The lowest BCUT2D eigenvalue weighted by atomic mass is 10.0. The number of carbonyl (C=O) groups is 2. The molecular weight excluding hydrogens is 1010 g/mol. The summed E-state index contributed by atoms with van der Waals surface area (Å²) >= 11 is 0. The number of phosphoric acid groups is 1. The van der Waals surface area contributed by atoms with Gasteiger partial charge in [-0.2, -0.15) is 0 Å². The highest BCUT2D eigenvalue weighted by Crippen LogP contribution is 2.38. The van der Waals surface area contributed by atoms with Gasteiger partial charge in [-0.05, 0) is 31.8 Å². The van der Waals surface area contributed by atoms with Crippen molar-refractivity contribution in [3.63, 3.8) is 0 Å². The number of phosphoric ester groups is 1. The van der Waals surface area contributed by atoms with Crippen LogP contribution in [0.2, 0.25) is 0 Å². The van der Waals surface area contributed by atoms with E-state index < -0.39 is 20.0 Å². The van der Waals surface area contributed by atoms with E-state index in [-0.39, 0.29) is 31.5 Å². The van der Waals surface area contributed by atoms with E-state index in [0.29, 0.717) is 17.4 Å². The number of hydrogen-bond acceptors (Lipinski definition) is 7. The zero-order valence-electron chi connectivity index (χ0n) is 54.6. The zero-order chi connectivity index (χ0) is 58.6. The lowest BCUT2D eigenvalue weighted by molar-refractivity contribution is -0.870. The average molecular weight is 1150 g/mol. The van der Waals surface area contributed by atoms with Gasteiger partial charge in [-0.25, -0.2) is 0 Å². The van der Waals surface area contributed by atoms with Gasteiger partial charge in [0.05, 0.1) is 33.8 Å². The Kier molecular flexibility index (Phi) is 59.9. The Morgan fingerprint density at radius 1 is 0.425 bits per heavy atom. The molecule has 0 radical (unpaired) electrons. The number of esters is 1. The molecule has 0 aliphatic rings. The summed E-state index contributed by atoms with van der Waals surface area (Å²) in [5, 5.41) is 3.05. The molecular formula is C70H139N2O7P. The molecule has 1 amide bonds. The topological polar surface area (TPSA) is 114 Å². The van der Waals surface area contributed by atoms with Crippen molar-refractivity contribution in [3.8, 4) is 0 Å².